The first-order valence-corrected chi connectivity index (χ1v) is 6.68. The number of fused-ring (bicyclic) bond motifs is 1. The summed E-state index contributed by atoms with van der Waals surface area (Å²) in [5, 5.41) is 0. The van der Waals surface area contributed by atoms with E-state index in [1.54, 1.807) is 38.1 Å². The third-order valence-corrected chi connectivity index (χ3v) is 3.35. The third kappa shape index (κ3) is 2.57. The molecule has 0 bridgehead atoms. The topological polar surface area (TPSA) is 63.7 Å². The second-order valence-electron chi connectivity index (χ2n) is 4.75. The summed E-state index contributed by atoms with van der Waals surface area (Å²) in [6.07, 6.45) is 0.407. The number of nitrogens with zero attached hydrogens (tertiary/aromatic N) is 1. The van der Waals surface area contributed by atoms with E-state index in [4.69, 9.17) is 4.74 Å². The summed E-state index contributed by atoms with van der Waals surface area (Å²) in [5.74, 6) is -1.22. The summed E-state index contributed by atoms with van der Waals surface area (Å²) in [4.78, 5) is 36.9. The summed E-state index contributed by atoms with van der Waals surface area (Å²) in [5.41, 5.74) is 0.863. The van der Waals surface area contributed by atoms with E-state index >= 15 is 0 Å². The number of carbonyl (C=O) groups excluding carboxylic acids is 3. The van der Waals surface area contributed by atoms with Gasteiger partial charge in [0.15, 0.2) is 0 Å². The van der Waals surface area contributed by atoms with Gasteiger partial charge in [-0.25, -0.2) is 0 Å². The van der Waals surface area contributed by atoms with Crippen molar-refractivity contribution in [2.75, 3.05) is 13.2 Å². The molecule has 1 aromatic carbocycles. The number of benzene rings is 1. The van der Waals surface area contributed by atoms with E-state index in [2.05, 4.69) is 0 Å². The van der Waals surface area contributed by atoms with Gasteiger partial charge < -0.3 is 4.74 Å². The molecule has 1 aromatic rings. The second-order valence-corrected chi connectivity index (χ2v) is 4.75. The molecule has 5 heteroatoms. The highest BCUT2D eigenvalue weighted by molar-refractivity contribution is 6.21. The minimum absolute atomic E-state index is 0.228. The van der Waals surface area contributed by atoms with Crippen molar-refractivity contribution in [3.8, 4) is 0 Å². The van der Waals surface area contributed by atoms with Crippen molar-refractivity contribution >= 4 is 17.8 Å². The quantitative estimate of drug-likeness (QED) is 0.608. The van der Waals surface area contributed by atoms with Crippen molar-refractivity contribution < 1.29 is 19.1 Å². The molecule has 0 aromatic heterocycles. The number of ether oxygens (including phenoxy) is 1. The van der Waals surface area contributed by atoms with Crippen LogP contribution in [0, 0.1) is 5.92 Å². The largest absolute Gasteiger partial charge is 0.466 e. The van der Waals surface area contributed by atoms with Gasteiger partial charge in [0, 0.05) is 6.54 Å². The zero-order valence-corrected chi connectivity index (χ0v) is 11.6. The normalized spacial score (nSPS) is 15.2. The predicted molar refractivity (Wildman–Crippen MR) is 72.2 cm³/mol. The first kappa shape index (κ1) is 14.2. The standard InChI is InChI=1S/C15H17NO4/c1-3-20-15(19)10(2)8-9-16-13(17)11-6-4-5-7-12(11)14(16)18/h4-7,10H,3,8-9H2,1-2H3. The molecule has 1 heterocycles. The van der Waals surface area contributed by atoms with Crippen LogP contribution in [0.2, 0.25) is 0 Å². The Morgan fingerprint density at radius 1 is 1.20 bits per heavy atom. The maximum atomic E-state index is 12.1. The minimum Gasteiger partial charge on any atom is -0.466 e. The minimum atomic E-state index is -0.334. The lowest BCUT2D eigenvalue weighted by Gasteiger charge is -2.16. The number of carbonyl (C=O) groups is 3. The predicted octanol–water partition coefficient (Wildman–Crippen LogP) is 1.87. The van der Waals surface area contributed by atoms with E-state index < -0.39 is 0 Å². The molecule has 0 saturated carbocycles. The van der Waals surface area contributed by atoms with Crippen LogP contribution in [0.25, 0.3) is 0 Å². The van der Waals surface area contributed by atoms with Gasteiger partial charge in [0.05, 0.1) is 23.7 Å². The fraction of sp³-hybridized carbons (Fsp3) is 0.400. The number of hydrogen-bond acceptors (Lipinski definition) is 4. The summed E-state index contributed by atoms with van der Waals surface area (Å²) in [7, 11) is 0. The number of amides is 2. The third-order valence-electron chi connectivity index (χ3n) is 3.35. The van der Waals surface area contributed by atoms with Gasteiger partial charge in [-0.05, 0) is 25.5 Å². The first-order chi connectivity index (χ1) is 9.56. The summed E-state index contributed by atoms with van der Waals surface area (Å²) < 4.78 is 4.91. The summed E-state index contributed by atoms with van der Waals surface area (Å²) >= 11 is 0. The highest BCUT2D eigenvalue weighted by atomic mass is 16.5. The van der Waals surface area contributed by atoms with Crippen LogP contribution in [0.1, 0.15) is 41.0 Å². The van der Waals surface area contributed by atoms with Crippen molar-refractivity contribution in [1.29, 1.82) is 0 Å². The van der Waals surface area contributed by atoms with Gasteiger partial charge in [0.1, 0.15) is 0 Å². The summed E-state index contributed by atoms with van der Waals surface area (Å²) in [6, 6.07) is 6.75. The zero-order valence-electron chi connectivity index (χ0n) is 11.6. The van der Waals surface area contributed by atoms with Gasteiger partial charge in [-0.3, -0.25) is 19.3 Å². The van der Waals surface area contributed by atoms with Gasteiger partial charge in [-0.15, -0.1) is 0 Å². The molecule has 2 rings (SSSR count). The average Bonchev–Trinajstić information content (AvgIpc) is 2.69. The molecule has 0 fully saturated rings. The average molecular weight is 275 g/mol. The lowest BCUT2D eigenvalue weighted by Crippen LogP contribution is -2.32. The van der Waals surface area contributed by atoms with E-state index in [9.17, 15) is 14.4 Å². The lowest BCUT2D eigenvalue weighted by atomic mass is 10.1. The zero-order chi connectivity index (χ0) is 14.7. The Balaban J connectivity index is 2.01. The molecule has 1 aliphatic heterocycles. The molecule has 5 nitrogen and oxygen atoms in total. The Morgan fingerprint density at radius 3 is 2.25 bits per heavy atom. The highest BCUT2D eigenvalue weighted by Crippen LogP contribution is 2.23. The van der Waals surface area contributed by atoms with Crippen molar-refractivity contribution in [3.63, 3.8) is 0 Å². The Hall–Kier alpha value is -2.17. The van der Waals surface area contributed by atoms with Crippen molar-refractivity contribution in [2.24, 2.45) is 5.92 Å². The van der Waals surface area contributed by atoms with Gasteiger partial charge >= 0.3 is 5.97 Å². The number of hydrogen-bond donors (Lipinski definition) is 0. The molecule has 0 saturated heterocycles. The molecule has 2 amide bonds. The van der Waals surface area contributed by atoms with E-state index in [1.165, 1.54) is 4.90 Å². The first-order valence-electron chi connectivity index (χ1n) is 6.68. The Bertz CT molecular complexity index is 518. The Labute approximate surface area is 117 Å². The van der Waals surface area contributed by atoms with Gasteiger partial charge in [-0.1, -0.05) is 19.1 Å². The maximum Gasteiger partial charge on any atom is 0.308 e. The van der Waals surface area contributed by atoms with Crippen LogP contribution >= 0.6 is 0 Å². The smallest absolute Gasteiger partial charge is 0.308 e. The maximum absolute atomic E-state index is 12.1. The molecule has 0 spiro atoms. The molecular weight excluding hydrogens is 258 g/mol. The van der Waals surface area contributed by atoms with Crippen LogP contribution in [-0.4, -0.2) is 35.8 Å². The van der Waals surface area contributed by atoms with Crippen LogP contribution in [0.15, 0.2) is 24.3 Å². The molecule has 20 heavy (non-hydrogen) atoms. The fourth-order valence-corrected chi connectivity index (χ4v) is 2.17. The van der Waals surface area contributed by atoms with Crippen molar-refractivity contribution in [1.82, 2.24) is 4.90 Å². The second kappa shape index (κ2) is 5.86. The molecule has 0 radical (unpaired) electrons. The van der Waals surface area contributed by atoms with Crippen LogP contribution in [0.5, 0.6) is 0 Å². The van der Waals surface area contributed by atoms with Crippen LogP contribution in [-0.2, 0) is 9.53 Å². The van der Waals surface area contributed by atoms with E-state index in [1.807, 2.05) is 0 Å². The number of imide groups is 1. The van der Waals surface area contributed by atoms with E-state index in [0.29, 0.717) is 24.2 Å². The van der Waals surface area contributed by atoms with Crippen LogP contribution < -0.4 is 0 Å². The molecule has 1 aliphatic rings. The molecule has 1 unspecified atom stereocenters. The molecule has 106 valence electrons. The molecule has 0 aliphatic carbocycles. The van der Waals surface area contributed by atoms with Gasteiger partial charge in [0.2, 0.25) is 0 Å². The number of esters is 1. The van der Waals surface area contributed by atoms with Crippen molar-refractivity contribution in [3.05, 3.63) is 35.4 Å². The van der Waals surface area contributed by atoms with Crippen molar-refractivity contribution in [2.45, 2.75) is 20.3 Å². The number of rotatable bonds is 5. The van der Waals surface area contributed by atoms with E-state index in [0.717, 1.165) is 0 Å². The molecular formula is C15H17NO4. The Kier molecular flexibility index (Phi) is 4.17. The van der Waals surface area contributed by atoms with Gasteiger partial charge in [0.25, 0.3) is 11.8 Å². The molecule has 0 N–H and O–H groups in total. The summed E-state index contributed by atoms with van der Waals surface area (Å²) in [6.45, 7) is 4.04. The Morgan fingerprint density at radius 2 is 1.75 bits per heavy atom. The van der Waals surface area contributed by atoms with Crippen LogP contribution in [0.4, 0.5) is 0 Å². The SMILES string of the molecule is CCOC(=O)C(C)CCN1C(=O)c2ccccc2C1=O. The van der Waals surface area contributed by atoms with Crippen LogP contribution in [0.3, 0.4) is 0 Å². The molecule has 1 atom stereocenters. The monoisotopic (exact) mass is 275 g/mol. The highest BCUT2D eigenvalue weighted by Gasteiger charge is 2.35. The fourth-order valence-electron chi connectivity index (χ4n) is 2.17. The lowest BCUT2D eigenvalue weighted by molar-refractivity contribution is -0.147. The van der Waals surface area contributed by atoms with E-state index in [-0.39, 0.29) is 30.2 Å². The van der Waals surface area contributed by atoms with Gasteiger partial charge in [-0.2, -0.15) is 0 Å².